The van der Waals surface area contributed by atoms with Crippen molar-refractivity contribution in [1.29, 1.82) is 0 Å². The van der Waals surface area contributed by atoms with Crippen molar-refractivity contribution < 1.29 is 14.3 Å². The van der Waals surface area contributed by atoms with Gasteiger partial charge in [-0.1, -0.05) is 19.1 Å². The Morgan fingerprint density at radius 1 is 0.885 bits per heavy atom. The predicted molar refractivity (Wildman–Crippen MR) is 105 cm³/mol. The van der Waals surface area contributed by atoms with Crippen LogP contribution < -0.4 is 20.7 Å². The Balaban J connectivity index is 1.87. The molecule has 0 spiro atoms. The minimum absolute atomic E-state index is 0.0353. The highest BCUT2D eigenvalue weighted by Gasteiger charge is 2.05. The first-order valence-corrected chi connectivity index (χ1v) is 8.77. The first-order chi connectivity index (χ1) is 12.6. The third kappa shape index (κ3) is 6.47. The van der Waals surface area contributed by atoms with Crippen molar-refractivity contribution in [3.8, 4) is 5.75 Å². The van der Waals surface area contributed by atoms with E-state index in [1.807, 2.05) is 38.1 Å². The van der Waals surface area contributed by atoms with E-state index in [-0.39, 0.29) is 18.4 Å². The molecule has 0 saturated heterocycles. The van der Waals surface area contributed by atoms with Crippen LogP contribution >= 0.6 is 0 Å². The summed E-state index contributed by atoms with van der Waals surface area (Å²) >= 11 is 0. The fraction of sp³-hybridized carbons (Fsp3) is 0.300. The lowest BCUT2D eigenvalue weighted by Gasteiger charge is -2.11. The average molecular weight is 355 g/mol. The summed E-state index contributed by atoms with van der Waals surface area (Å²) in [6.07, 6.45) is 1.26. The molecule has 0 unspecified atom stereocenters. The van der Waals surface area contributed by atoms with Gasteiger partial charge in [-0.25, -0.2) is 0 Å². The quantitative estimate of drug-likeness (QED) is 0.638. The number of carbonyl (C=O) groups is 2. The largest absolute Gasteiger partial charge is 0.494 e. The summed E-state index contributed by atoms with van der Waals surface area (Å²) in [5.41, 5.74) is 2.11. The molecule has 2 aromatic rings. The van der Waals surface area contributed by atoms with E-state index in [9.17, 15) is 9.59 Å². The Kier molecular flexibility index (Phi) is 7.49. The lowest BCUT2D eigenvalue weighted by Crippen LogP contribution is -2.21. The van der Waals surface area contributed by atoms with Crippen molar-refractivity contribution in [2.45, 2.75) is 26.7 Å². The third-order valence-electron chi connectivity index (χ3n) is 3.51. The van der Waals surface area contributed by atoms with E-state index in [1.165, 1.54) is 0 Å². The zero-order chi connectivity index (χ0) is 18.8. The van der Waals surface area contributed by atoms with Crippen LogP contribution in [0.2, 0.25) is 0 Å². The Morgan fingerprint density at radius 3 is 2.23 bits per heavy atom. The summed E-state index contributed by atoms with van der Waals surface area (Å²) in [4.78, 5) is 23.8. The molecule has 6 heteroatoms. The molecule has 6 nitrogen and oxygen atoms in total. The Hall–Kier alpha value is -3.02. The molecule has 0 aliphatic rings. The second-order valence-corrected chi connectivity index (χ2v) is 5.74. The highest BCUT2D eigenvalue weighted by molar-refractivity contribution is 5.95. The number of benzene rings is 2. The van der Waals surface area contributed by atoms with E-state index < -0.39 is 0 Å². The standard InChI is InChI=1S/C20H25N3O3/c1-3-7-19(24)22-16-9-5-10-17(12-16)23-20(25)14-21-15-8-6-11-18(13-15)26-4-2/h5-6,8-13,21H,3-4,7,14H2,1-2H3,(H,22,24)(H,23,25). The smallest absolute Gasteiger partial charge is 0.243 e. The Bertz CT molecular complexity index is 747. The molecule has 26 heavy (non-hydrogen) atoms. The second kappa shape index (κ2) is 10.1. The van der Waals surface area contributed by atoms with Crippen LogP contribution in [0.3, 0.4) is 0 Å². The summed E-state index contributed by atoms with van der Waals surface area (Å²) < 4.78 is 5.44. The number of rotatable bonds is 9. The molecular weight excluding hydrogens is 330 g/mol. The molecule has 0 saturated carbocycles. The zero-order valence-electron chi connectivity index (χ0n) is 15.2. The minimum Gasteiger partial charge on any atom is -0.494 e. The molecule has 2 rings (SSSR count). The third-order valence-corrected chi connectivity index (χ3v) is 3.51. The number of anilines is 3. The summed E-state index contributed by atoms with van der Waals surface area (Å²) in [5.74, 6) is 0.545. The van der Waals surface area contributed by atoms with Gasteiger partial charge in [-0.3, -0.25) is 9.59 Å². The van der Waals surface area contributed by atoms with Crippen LogP contribution in [0.5, 0.6) is 5.75 Å². The molecular formula is C20H25N3O3. The van der Waals surface area contributed by atoms with Gasteiger partial charge in [-0.05, 0) is 43.7 Å². The van der Waals surface area contributed by atoms with Gasteiger partial charge in [0.05, 0.1) is 13.2 Å². The topological polar surface area (TPSA) is 79.5 Å². The number of ether oxygens (including phenoxy) is 1. The van der Waals surface area contributed by atoms with Crippen LogP contribution in [-0.2, 0) is 9.59 Å². The monoisotopic (exact) mass is 355 g/mol. The van der Waals surface area contributed by atoms with Crippen molar-refractivity contribution in [3.05, 3.63) is 48.5 Å². The van der Waals surface area contributed by atoms with E-state index in [0.29, 0.717) is 24.4 Å². The van der Waals surface area contributed by atoms with Gasteiger partial charge in [0.25, 0.3) is 0 Å². The van der Waals surface area contributed by atoms with Crippen LogP contribution in [0, 0.1) is 0 Å². The average Bonchev–Trinajstić information content (AvgIpc) is 2.61. The molecule has 0 radical (unpaired) electrons. The molecule has 3 N–H and O–H groups in total. The minimum atomic E-state index is -0.177. The fourth-order valence-corrected chi connectivity index (χ4v) is 2.38. The predicted octanol–water partition coefficient (Wildman–Crippen LogP) is 3.87. The lowest BCUT2D eigenvalue weighted by atomic mass is 10.2. The lowest BCUT2D eigenvalue weighted by molar-refractivity contribution is -0.116. The van der Waals surface area contributed by atoms with Gasteiger partial charge in [-0.2, -0.15) is 0 Å². The normalized spacial score (nSPS) is 10.1. The summed E-state index contributed by atoms with van der Waals surface area (Å²) in [7, 11) is 0. The van der Waals surface area contributed by atoms with Gasteiger partial charge in [0.15, 0.2) is 0 Å². The van der Waals surface area contributed by atoms with E-state index >= 15 is 0 Å². The maximum atomic E-state index is 12.1. The van der Waals surface area contributed by atoms with Crippen molar-refractivity contribution in [1.82, 2.24) is 0 Å². The van der Waals surface area contributed by atoms with Gasteiger partial charge in [-0.15, -0.1) is 0 Å². The van der Waals surface area contributed by atoms with E-state index in [4.69, 9.17) is 4.74 Å². The van der Waals surface area contributed by atoms with Crippen LogP contribution in [0.4, 0.5) is 17.1 Å². The first-order valence-electron chi connectivity index (χ1n) is 8.77. The molecule has 138 valence electrons. The van der Waals surface area contributed by atoms with Gasteiger partial charge >= 0.3 is 0 Å². The Morgan fingerprint density at radius 2 is 1.54 bits per heavy atom. The highest BCUT2D eigenvalue weighted by atomic mass is 16.5. The SMILES string of the molecule is CCCC(=O)Nc1cccc(NC(=O)CNc2cccc(OCC)c2)c1. The summed E-state index contributed by atoms with van der Waals surface area (Å²) in [6, 6.07) is 14.6. The van der Waals surface area contributed by atoms with Crippen molar-refractivity contribution in [2.75, 3.05) is 29.1 Å². The summed E-state index contributed by atoms with van der Waals surface area (Å²) in [5, 5.41) is 8.69. The fourth-order valence-electron chi connectivity index (χ4n) is 2.38. The van der Waals surface area contributed by atoms with E-state index in [1.54, 1.807) is 24.3 Å². The number of hydrogen-bond acceptors (Lipinski definition) is 4. The van der Waals surface area contributed by atoms with Gasteiger partial charge in [0.2, 0.25) is 11.8 Å². The molecule has 0 fully saturated rings. The molecule has 0 aliphatic carbocycles. The van der Waals surface area contributed by atoms with Gasteiger partial charge in [0.1, 0.15) is 5.75 Å². The zero-order valence-corrected chi connectivity index (χ0v) is 15.2. The first kappa shape index (κ1) is 19.3. The van der Waals surface area contributed by atoms with Crippen molar-refractivity contribution >= 4 is 28.9 Å². The van der Waals surface area contributed by atoms with E-state index in [0.717, 1.165) is 17.9 Å². The second-order valence-electron chi connectivity index (χ2n) is 5.74. The maximum Gasteiger partial charge on any atom is 0.243 e. The van der Waals surface area contributed by atoms with Crippen LogP contribution in [-0.4, -0.2) is 25.0 Å². The highest BCUT2D eigenvalue weighted by Crippen LogP contribution is 2.18. The van der Waals surface area contributed by atoms with Crippen molar-refractivity contribution in [3.63, 3.8) is 0 Å². The van der Waals surface area contributed by atoms with Gasteiger partial charge < -0.3 is 20.7 Å². The maximum absolute atomic E-state index is 12.1. The van der Waals surface area contributed by atoms with Gasteiger partial charge in [0, 0.05) is 29.5 Å². The van der Waals surface area contributed by atoms with Crippen LogP contribution in [0.15, 0.2) is 48.5 Å². The molecule has 2 aromatic carbocycles. The number of nitrogens with one attached hydrogen (secondary N) is 3. The van der Waals surface area contributed by atoms with Crippen LogP contribution in [0.25, 0.3) is 0 Å². The van der Waals surface area contributed by atoms with Crippen molar-refractivity contribution in [2.24, 2.45) is 0 Å². The molecule has 0 heterocycles. The molecule has 0 atom stereocenters. The Labute approximate surface area is 153 Å². The number of carbonyl (C=O) groups excluding carboxylic acids is 2. The molecule has 0 bridgehead atoms. The van der Waals surface area contributed by atoms with E-state index in [2.05, 4.69) is 16.0 Å². The number of amides is 2. The molecule has 0 aromatic heterocycles. The molecule has 0 aliphatic heterocycles. The number of hydrogen-bond donors (Lipinski definition) is 3. The molecule has 2 amide bonds. The summed E-state index contributed by atoms with van der Waals surface area (Å²) in [6.45, 7) is 4.59. The van der Waals surface area contributed by atoms with Crippen LogP contribution in [0.1, 0.15) is 26.7 Å².